The highest BCUT2D eigenvalue weighted by Crippen LogP contribution is 2.30. The zero-order valence-corrected chi connectivity index (χ0v) is 18.2. The quantitative estimate of drug-likeness (QED) is 0.310. The van der Waals surface area contributed by atoms with Gasteiger partial charge in [0.15, 0.2) is 18.0 Å². The molecular weight excluding hydrogens is 413 g/mol. The number of hydrogen-bond donors (Lipinski definition) is 0. The fraction of sp³-hybridized carbons (Fsp3) is 0.250. The molecule has 164 valence electrons. The number of aromatic nitrogens is 3. The van der Waals surface area contributed by atoms with Crippen molar-refractivity contribution in [2.24, 2.45) is 0 Å². The maximum atomic E-state index is 13.1. The minimum atomic E-state index is -0.671. The number of ether oxygens (including phenoxy) is 1. The number of Topliss-reactive ketones (excluding diaryl/α,β-unsaturated/α-hetero) is 1. The molecule has 0 spiro atoms. The predicted octanol–water partition coefficient (Wildman–Crippen LogP) is 5.07. The first-order valence-electron chi connectivity index (χ1n) is 10.2. The molecule has 0 unspecified atom stereocenters. The first-order valence-corrected chi connectivity index (χ1v) is 10.2. The van der Waals surface area contributed by atoms with Gasteiger partial charge >= 0.3 is 5.97 Å². The number of ketones is 1. The highest BCUT2D eigenvalue weighted by molar-refractivity contribution is 6.05. The third kappa shape index (κ3) is 4.03. The minimum Gasteiger partial charge on any atom is -0.466 e. The van der Waals surface area contributed by atoms with E-state index < -0.39 is 24.2 Å². The number of carbonyl (C=O) groups excluding carboxylic acids is 2. The number of carbonyl (C=O) groups is 2. The third-order valence-corrected chi connectivity index (χ3v) is 5.09. The van der Waals surface area contributed by atoms with Crippen LogP contribution in [0.1, 0.15) is 52.1 Å². The molecule has 1 aromatic carbocycles. The number of nitrogens with zero attached hydrogens (tertiary/aromatic N) is 3. The van der Waals surface area contributed by atoms with E-state index in [4.69, 9.17) is 14.1 Å². The van der Waals surface area contributed by atoms with Gasteiger partial charge < -0.3 is 9.15 Å². The number of hydrogen-bond acceptors (Lipinski definition) is 6. The summed E-state index contributed by atoms with van der Waals surface area (Å²) in [5.74, 6) is -0.142. The standard InChI is InChI=1S/C24H22FN3O4/c1-13(2)28-23-20(11-26-28)19(10-21(27-23)18-9-14(3)32-15(18)4)24(30)31-12-22(29)16-5-7-17(25)8-6-16/h5-11,13H,12H2,1-4H3. The average Bonchev–Trinajstić information content (AvgIpc) is 3.34. The van der Waals surface area contributed by atoms with Crippen LogP contribution in [0.4, 0.5) is 4.39 Å². The number of halogens is 1. The summed E-state index contributed by atoms with van der Waals surface area (Å²) < 4.78 is 25.7. The van der Waals surface area contributed by atoms with Gasteiger partial charge in [0.25, 0.3) is 0 Å². The summed E-state index contributed by atoms with van der Waals surface area (Å²) in [7, 11) is 0. The van der Waals surface area contributed by atoms with E-state index in [0.29, 0.717) is 22.5 Å². The second kappa shape index (κ2) is 8.37. The number of rotatable bonds is 6. The van der Waals surface area contributed by atoms with Gasteiger partial charge in [-0.15, -0.1) is 0 Å². The van der Waals surface area contributed by atoms with Crippen LogP contribution in [-0.4, -0.2) is 33.1 Å². The summed E-state index contributed by atoms with van der Waals surface area (Å²) in [5.41, 5.74) is 2.36. The van der Waals surface area contributed by atoms with Gasteiger partial charge in [0.1, 0.15) is 17.3 Å². The number of benzene rings is 1. The summed E-state index contributed by atoms with van der Waals surface area (Å²) in [6.45, 7) is 7.13. The van der Waals surface area contributed by atoms with Crippen molar-refractivity contribution in [3.05, 3.63) is 71.1 Å². The van der Waals surface area contributed by atoms with Gasteiger partial charge in [-0.1, -0.05) is 0 Å². The van der Waals surface area contributed by atoms with Gasteiger partial charge in [0, 0.05) is 17.2 Å². The second-order valence-corrected chi connectivity index (χ2v) is 7.81. The SMILES string of the molecule is Cc1cc(-c2cc(C(=O)OCC(=O)c3ccc(F)cc3)c3cnn(C(C)C)c3n2)c(C)o1. The average molecular weight is 435 g/mol. The molecule has 0 saturated carbocycles. The van der Waals surface area contributed by atoms with Gasteiger partial charge in [0.05, 0.1) is 22.8 Å². The second-order valence-electron chi connectivity index (χ2n) is 7.81. The molecule has 0 fully saturated rings. The van der Waals surface area contributed by atoms with E-state index in [1.165, 1.54) is 24.3 Å². The van der Waals surface area contributed by atoms with Crippen molar-refractivity contribution in [2.45, 2.75) is 33.7 Å². The van der Waals surface area contributed by atoms with E-state index in [1.807, 2.05) is 33.8 Å². The van der Waals surface area contributed by atoms with E-state index in [2.05, 4.69) is 5.10 Å². The van der Waals surface area contributed by atoms with Gasteiger partial charge in [-0.25, -0.2) is 18.9 Å². The Balaban J connectivity index is 1.70. The largest absolute Gasteiger partial charge is 0.466 e. The first kappa shape index (κ1) is 21.4. The molecule has 32 heavy (non-hydrogen) atoms. The molecule has 0 saturated heterocycles. The van der Waals surface area contributed by atoms with Crippen LogP contribution < -0.4 is 0 Å². The van der Waals surface area contributed by atoms with Crippen LogP contribution in [0.25, 0.3) is 22.3 Å². The third-order valence-electron chi connectivity index (χ3n) is 5.09. The van der Waals surface area contributed by atoms with Crippen molar-refractivity contribution in [2.75, 3.05) is 6.61 Å². The van der Waals surface area contributed by atoms with E-state index >= 15 is 0 Å². The summed E-state index contributed by atoms with van der Waals surface area (Å²) in [6.07, 6.45) is 1.57. The Labute approximate surface area is 183 Å². The molecule has 4 rings (SSSR count). The maximum absolute atomic E-state index is 13.1. The van der Waals surface area contributed by atoms with Crippen LogP contribution in [0.2, 0.25) is 0 Å². The Morgan fingerprint density at radius 2 is 1.88 bits per heavy atom. The number of esters is 1. The molecule has 0 radical (unpaired) electrons. The van der Waals surface area contributed by atoms with Gasteiger partial charge in [-0.05, 0) is 64.1 Å². The number of furan rings is 1. The number of pyridine rings is 1. The Morgan fingerprint density at radius 3 is 2.50 bits per heavy atom. The summed E-state index contributed by atoms with van der Waals surface area (Å²) in [4.78, 5) is 30.0. The molecule has 0 amide bonds. The lowest BCUT2D eigenvalue weighted by Gasteiger charge is -2.10. The molecular formula is C24H22FN3O4. The Bertz CT molecular complexity index is 1320. The van der Waals surface area contributed by atoms with Gasteiger partial charge in [-0.2, -0.15) is 5.10 Å². The van der Waals surface area contributed by atoms with Crippen LogP contribution in [0.5, 0.6) is 0 Å². The van der Waals surface area contributed by atoms with Crippen LogP contribution in [0.15, 0.2) is 47.0 Å². The predicted molar refractivity (Wildman–Crippen MR) is 116 cm³/mol. The molecule has 8 heteroatoms. The monoisotopic (exact) mass is 435 g/mol. The molecule has 0 N–H and O–H groups in total. The van der Waals surface area contributed by atoms with Crippen molar-refractivity contribution in [1.82, 2.24) is 14.8 Å². The van der Waals surface area contributed by atoms with Crippen LogP contribution >= 0.6 is 0 Å². The lowest BCUT2D eigenvalue weighted by Crippen LogP contribution is -2.15. The van der Waals surface area contributed by atoms with Crippen molar-refractivity contribution < 1.29 is 23.1 Å². The zero-order valence-electron chi connectivity index (χ0n) is 18.2. The highest BCUT2D eigenvalue weighted by Gasteiger charge is 2.22. The fourth-order valence-corrected chi connectivity index (χ4v) is 3.52. The Hall–Kier alpha value is -3.81. The van der Waals surface area contributed by atoms with Crippen LogP contribution in [0.3, 0.4) is 0 Å². The number of fused-ring (bicyclic) bond motifs is 1. The van der Waals surface area contributed by atoms with E-state index in [-0.39, 0.29) is 17.2 Å². The Kier molecular flexibility index (Phi) is 5.61. The normalized spacial score (nSPS) is 11.3. The van der Waals surface area contributed by atoms with E-state index in [9.17, 15) is 14.0 Å². The zero-order chi connectivity index (χ0) is 23.0. The molecule has 4 aromatic rings. The maximum Gasteiger partial charge on any atom is 0.339 e. The topological polar surface area (TPSA) is 87.2 Å². The lowest BCUT2D eigenvalue weighted by atomic mass is 10.1. The lowest BCUT2D eigenvalue weighted by molar-refractivity contribution is 0.0476. The van der Waals surface area contributed by atoms with E-state index in [1.54, 1.807) is 16.9 Å². The summed E-state index contributed by atoms with van der Waals surface area (Å²) in [6, 6.07) is 8.57. The Morgan fingerprint density at radius 1 is 1.16 bits per heavy atom. The molecule has 0 bridgehead atoms. The summed E-state index contributed by atoms with van der Waals surface area (Å²) in [5, 5.41) is 4.90. The minimum absolute atomic E-state index is 0.0198. The molecule has 0 atom stereocenters. The van der Waals surface area contributed by atoms with Crippen molar-refractivity contribution >= 4 is 22.8 Å². The highest BCUT2D eigenvalue weighted by atomic mass is 19.1. The molecule has 0 aliphatic heterocycles. The molecule has 0 aliphatic rings. The number of aryl methyl sites for hydroxylation is 2. The van der Waals surface area contributed by atoms with Crippen LogP contribution in [-0.2, 0) is 4.74 Å². The van der Waals surface area contributed by atoms with Crippen molar-refractivity contribution in [1.29, 1.82) is 0 Å². The smallest absolute Gasteiger partial charge is 0.339 e. The fourth-order valence-electron chi connectivity index (χ4n) is 3.52. The first-order chi connectivity index (χ1) is 15.2. The molecule has 3 heterocycles. The van der Waals surface area contributed by atoms with Gasteiger partial charge in [-0.3, -0.25) is 4.79 Å². The van der Waals surface area contributed by atoms with Crippen LogP contribution in [0, 0.1) is 19.7 Å². The molecule has 3 aromatic heterocycles. The molecule has 7 nitrogen and oxygen atoms in total. The summed E-state index contributed by atoms with van der Waals surface area (Å²) >= 11 is 0. The van der Waals surface area contributed by atoms with Crippen molar-refractivity contribution in [3.63, 3.8) is 0 Å². The van der Waals surface area contributed by atoms with Crippen molar-refractivity contribution in [3.8, 4) is 11.3 Å². The van der Waals surface area contributed by atoms with Gasteiger partial charge in [0.2, 0.25) is 0 Å². The van der Waals surface area contributed by atoms with E-state index in [0.717, 1.165) is 11.3 Å². The molecule has 0 aliphatic carbocycles.